The van der Waals surface area contributed by atoms with Crippen molar-refractivity contribution < 1.29 is 0 Å². The van der Waals surface area contributed by atoms with E-state index in [0.29, 0.717) is 11.4 Å². The van der Waals surface area contributed by atoms with E-state index >= 15 is 0 Å². The summed E-state index contributed by atoms with van der Waals surface area (Å²) < 4.78 is 3.04. The monoisotopic (exact) mass is 231 g/mol. The predicted molar refractivity (Wildman–Crippen MR) is 63.8 cm³/mol. The third-order valence-corrected chi connectivity index (χ3v) is 2.65. The van der Waals surface area contributed by atoms with Crippen molar-refractivity contribution in [2.24, 2.45) is 10.8 Å². The molecule has 1 heterocycles. The summed E-state index contributed by atoms with van der Waals surface area (Å²) in [7, 11) is 0. The molecule has 0 saturated carbocycles. The number of aromatic nitrogens is 2. The lowest BCUT2D eigenvalue weighted by atomic mass is 10.3. The summed E-state index contributed by atoms with van der Waals surface area (Å²) in [6, 6.07) is 9.15. The molecule has 0 saturated heterocycles. The van der Waals surface area contributed by atoms with Gasteiger partial charge in [0.1, 0.15) is 0 Å². The van der Waals surface area contributed by atoms with Crippen LogP contribution in [0.2, 0.25) is 0 Å². The fraction of sp³-hybridized carbons (Fsp3) is 0.182. The molecule has 2 aromatic rings. The molecule has 0 atom stereocenters. The highest BCUT2D eigenvalue weighted by Crippen LogP contribution is 2.16. The van der Waals surface area contributed by atoms with Crippen molar-refractivity contribution in [1.29, 1.82) is 5.53 Å². The second-order valence-corrected chi connectivity index (χ2v) is 3.58. The van der Waals surface area contributed by atoms with Crippen LogP contribution in [0.5, 0.6) is 0 Å². The van der Waals surface area contributed by atoms with Crippen LogP contribution >= 0.6 is 0 Å². The Hall–Kier alpha value is -2.21. The van der Waals surface area contributed by atoms with Crippen molar-refractivity contribution in [2.45, 2.75) is 13.6 Å². The van der Waals surface area contributed by atoms with E-state index in [-0.39, 0.29) is 17.9 Å². The number of nitrogens with one attached hydrogen (secondary N) is 1. The van der Waals surface area contributed by atoms with E-state index in [9.17, 15) is 4.79 Å². The maximum atomic E-state index is 12.1. The van der Waals surface area contributed by atoms with Crippen molar-refractivity contribution in [3.63, 3.8) is 0 Å². The van der Waals surface area contributed by atoms with E-state index in [1.807, 2.05) is 18.2 Å². The number of rotatable bonds is 3. The van der Waals surface area contributed by atoms with E-state index in [2.05, 4.69) is 5.11 Å². The van der Waals surface area contributed by atoms with Gasteiger partial charge in [0.2, 0.25) is 0 Å². The normalized spacial score (nSPS) is 10.5. The van der Waals surface area contributed by atoms with Crippen LogP contribution < -0.4 is 11.3 Å². The van der Waals surface area contributed by atoms with E-state index in [0.717, 1.165) is 0 Å². The van der Waals surface area contributed by atoms with Crippen LogP contribution in [0.1, 0.15) is 5.69 Å². The second kappa shape index (κ2) is 4.34. The summed E-state index contributed by atoms with van der Waals surface area (Å²) in [4.78, 5) is 12.1. The summed E-state index contributed by atoms with van der Waals surface area (Å²) in [5.41, 5.74) is 13.8. The zero-order valence-electron chi connectivity index (χ0n) is 9.42. The van der Waals surface area contributed by atoms with Crippen molar-refractivity contribution >= 4 is 5.69 Å². The molecule has 0 aliphatic heterocycles. The molecule has 88 valence electrons. The Labute approximate surface area is 97.8 Å². The first-order chi connectivity index (χ1) is 8.20. The minimum atomic E-state index is -0.325. The molecule has 2 rings (SSSR count). The zero-order valence-corrected chi connectivity index (χ0v) is 9.42. The lowest BCUT2D eigenvalue weighted by Crippen LogP contribution is -2.24. The van der Waals surface area contributed by atoms with Crippen molar-refractivity contribution in [1.82, 2.24) is 9.36 Å². The predicted octanol–water partition coefficient (Wildman–Crippen LogP) is 1.53. The van der Waals surface area contributed by atoms with E-state index in [1.54, 1.807) is 23.7 Å². The molecule has 0 fully saturated rings. The number of nitrogens with two attached hydrogens (primary N) is 1. The molecule has 17 heavy (non-hydrogen) atoms. The summed E-state index contributed by atoms with van der Waals surface area (Å²) in [5, 5.41) is 3.26. The number of benzene rings is 1. The number of hydrogen-bond acceptors (Lipinski definition) is 4. The van der Waals surface area contributed by atoms with Crippen LogP contribution in [-0.4, -0.2) is 9.36 Å². The van der Waals surface area contributed by atoms with Gasteiger partial charge in [0.05, 0.1) is 18.1 Å². The Bertz CT molecular complexity index is 596. The first kappa shape index (κ1) is 11.3. The van der Waals surface area contributed by atoms with Crippen LogP contribution in [-0.2, 0) is 6.67 Å². The lowest BCUT2D eigenvalue weighted by Gasteiger charge is -2.10. The number of para-hydroxylation sites is 1. The Morgan fingerprint density at radius 2 is 2.00 bits per heavy atom. The third-order valence-electron chi connectivity index (χ3n) is 2.65. The molecule has 6 nitrogen and oxygen atoms in total. The molecule has 0 spiro atoms. The fourth-order valence-electron chi connectivity index (χ4n) is 1.81. The molecular weight excluding hydrogens is 218 g/mol. The van der Waals surface area contributed by atoms with Gasteiger partial charge in [0.25, 0.3) is 5.56 Å². The molecule has 0 aliphatic rings. The summed E-state index contributed by atoms with van der Waals surface area (Å²) in [5.74, 6) is 0. The Morgan fingerprint density at radius 1 is 1.35 bits per heavy atom. The van der Waals surface area contributed by atoms with Crippen LogP contribution in [0.3, 0.4) is 0 Å². The smallest absolute Gasteiger partial charge is 0.299 e. The third kappa shape index (κ3) is 1.68. The van der Waals surface area contributed by atoms with Gasteiger partial charge in [-0.1, -0.05) is 18.2 Å². The maximum absolute atomic E-state index is 12.1. The highest BCUT2D eigenvalue weighted by atomic mass is 16.1. The molecule has 3 N–H and O–H groups in total. The van der Waals surface area contributed by atoms with Crippen LogP contribution in [0.25, 0.3) is 5.69 Å². The van der Waals surface area contributed by atoms with Gasteiger partial charge in [0, 0.05) is 0 Å². The van der Waals surface area contributed by atoms with Crippen LogP contribution in [0, 0.1) is 12.5 Å². The van der Waals surface area contributed by atoms with Gasteiger partial charge in [-0.05, 0) is 19.1 Å². The molecule has 0 radical (unpaired) electrons. The van der Waals surface area contributed by atoms with Crippen LogP contribution in [0.15, 0.2) is 40.2 Å². The van der Waals surface area contributed by atoms with E-state index in [4.69, 9.17) is 11.3 Å². The first-order valence-electron chi connectivity index (χ1n) is 5.16. The average Bonchev–Trinajstić information content (AvgIpc) is 2.61. The number of nitrogens with zero attached hydrogens (tertiary/aromatic N) is 3. The Morgan fingerprint density at radius 3 is 2.53 bits per heavy atom. The van der Waals surface area contributed by atoms with Gasteiger partial charge >= 0.3 is 0 Å². The molecular formula is C11H13N5O. The second-order valence-electron chi connectivity index (χ2n) is 3.58. The first-order valence-corrected chi connectivity index (χ1v) is 5.16. The quantitative estimate of drug-likeness (QED) is 0.784. The van der Waals surface area contributed by atoms with Crippen LogP contribution in [0.4, 0.5) is 5.69 Å². The summed E-state index contributed by atoms with van der Waals surface area (Å²) in [6.45, 7) is 1.88. The maximum Gasteiger partial charge on any atom is 0.299 e. The highest BCUT2D eigenvalue weighted by Gasteiger charge is 2.16. The summed E-state index contributed by atoms with van der Waals surface area (Å²) >= 11 is 0. The largest absolute Gasteiger partial charge is 0.312 e. The van der Waals surface area contributed by atoms with Gasteiger partial charge in [-0.2, -0.15) is 5.11 Å². The SMILES string of the molecule is Cc1c(N=N)c(=O)n(-c2ccccc2)n1CN. The summed E-state index contributed by atoms with van der Waals surface area (Å²) in [6.07, 6.45) is 0. The van der Waals surface area contributed by atoms with E-state index < -0.39 is 0 Å². The minimum absolute atomic E-state index is 0.124. The molecule has 0 bridgehead atoms. The molecule has 1 aromatic heterocycles. The average molecular weight is 231 g/mol. The lowest BCUT2D eigenvalue weighted by molar-refractivity contribution is 0.545. The minimum Gasteiger partial charge on any atom is -0.312 e. The molecule has 0 unspecified atom stereocenters. The Kier molecular flexibility index (Phi) is 2.88. The van der Waals surface area contributed by atoms with Gasteiger partial charge < -0.3 is 5.73 Å². The topological polar surface area (TPSA) is 89.2 Å². The standard InChI is InChI=1S/C11H13N5O/c1-8-10(14-13)11(17)16(15(8)7-12)9-5-3-2-4-6-9/h2-6,13H,7,12H2,1H3. The number of hydrogen-bond donors (Lipinski definition) is 2. The van der Waals surface area contributed by atoms with Gasteiger partial charge in [-0.3, -0.25) is 9.48 Å². The van der Waals surface area contributed by atoms with Crippen molar-refractivity contribution in [2.75, 3.05) is 0 Å². The van der Waals surface area contributed by atoms with Gasteiger partial charge in [-0.25, -0.2) is 10.2 Å². The molecule has 1 aromatic carbocycles. The van der Waals surface area contributed by atoms with Gasteiger partial charge in [0.15, 0.2) is 5.69 Å². The molecule has 0 aliphatic carbocycles. The van der Waals surface area contributed by atoms with Gasteiger partial charge in [-0.15, -0.1) is 0 Å². The van der Waals surface area contributed by atoms with Crippen molar-refractivity contribution in [3.05, 3.63) is 46.4 Å². The molecule has 6 heteroatoms. The zero-order chi connectivity index (χ0) is 12.4. The highest BCUT2D eigenvalue weighted by molar-refractivity contribution is 5.43. The molecule has 0 amide bonds. The van der Waals surface area contributed by atoms with E-state index in [1.165, 1.54) is 4.68 Å². The fourth-order valence-corrected chi connectivity index (χ4v) is 1.81. The van der Waals surface area contributed by atoms with Crippen molar-refractivity contribution in [3.8, 4) is 5.69 Å². The Balaban J connectivity index is 2.78.